The Morgan fingerprint density at radius 2 is 1.77 bits per heavy atom. The van der Waals surface area contributed by atoms with Gasteiger partial charge in [-0.25, -0.2) is 0 Å². The summed E-state index contributed by atoms with van der Waals surface area (Å²) >= 11 is 7.53. The zero-order chi connectivity index (χ0) is 18.7. The van der Waals surface area contributed by atoms with E-state index in [-0.39, 0.29) is 0 Å². The lowest BCUT2D eigenvalue weighted by Crippen LogP contribution is -2.47. The van der Waals surface area contributed by atoms with Crippen molar-refractivity contribution in [1.29, 1.82) is 0 Å². The molecule has 3 rings (SSSR count). The summed E-state index contributed by atoms with van der Waals surface area (Å²) in [6.07, 6.45) is -0.768. The maximum absolute atomic E-state index is 12.3. The topological polar surface area (TPSA) is 67.4 Å². The van der Waals surface area contributed by atoms with Crippen molar-refractivity contribution in [2.45, 2.75) is 20.0 Å². The van der Waals surface area contributed by atoms with Gasteiger partial charge in [-0.05, 0) is 32.0 Å². The van der Waals surface area contributed by atoms with E-state index in [1.54, 1.807) is 19.1 Å². The van der Waals surface area contributed by atoms with Gasteiger partial charge in [0.15, 0.2) is 6.10 Å². The van der Waals surface area contributed by atoms with Crippen molar-refractivity contribution in [2.75, 3.05) is 0 Å². The van der Waals surface area contributed by atoms with E-state index in [9.17, 15) is 9.59 Å². The first kappa shape index (κ1) is 18.2. The highest BCUT2D eigenvalue weighted by Crippen LogP contribution is 2.34. The lowest BCUT2D eigenvalue weighted by atomic mass is 10.2. The molecule has 0 aliphatic carbocycles. The van der Waals surface area contributed by atoms with Gasteiger partial charge in [0.05, 0.1) is 5.02 Å². The van der Waals surface area contributed by atoms with Crippen molar-refractivity contribution in [3.63, 3.8) is 0 Å². The van der Waals surface area contributed by atoms with Crippen molar-refractivity contribution in [2.24, 2.45) is 0 Å². The van der Waals surface area contributed by atoms with Crippen LogP contribution >= 0.6 is 22.9 Å². The van der Waals surface area contributed by atoms with Crippen LogP contribution in [-0.2, 0) is 4.79 Å². The Morgan fingerprint density at radius 3 is 2.46 bits per heavy atom. The van der Waals surface area contributed by atoms with Crippen molar-refractivity contribution >= 4 is 44.8 Å². The molecule has 2 amide bonds. The average molecular weight is 389 g/mol. The number of amides is 2. The molecule has 0 saturated carbocycles. The first-order chi connectivity index (χ1) is 12.5. The number of hydrazine groups is 1. The molecule has 5 nitrogen and oxygen atoms in total. The molecule has 3 aromatic rings. The minimum absolute atomic E-state index is 0.347. The Kier molecular flexibility index (Phi) is 5.44. The molecule has 7 heteroatoms. The smallest absolute Gasteiger partial charge is 0.281 e. The molecule has 1 aromatic heterocycles. The number of carbonyl (C=O) groups is 2. The van der Waals surface area contributed by atoms with Crippen LogP contribution in [0.1, 0.15) is 22.2 Å². The summed E-state index contributed by atoms with van der Waals surface area (Å²) in [5.74, 6) is -0.347. The maximum Gasteiger partial charge on any atom is 0.281 e. The van der Waals surface area contributed by atoms with Crippen LogP contribution in [-0.4, -0.2) is 17.9 Å². The van der Waals surface area contributed by atoms with Crippen LogP contribution in [0.25, 0.3) is 10.1 Å². The predicted molar refractivity (Wildman–Crippen MR) is 104 cm³/mol. The standard InChI is InChI=1S/C19H17ClN2O3S/c1-11-7-9-13(10-8-11)25-12(2)18(23)21-22-19(24)17-16(20)14-5-3-4-6-15(14)26-17/h3-10,12H,1-2H3,(H,21,23)(H,22,24). The highest BCUT2D eigenvalue weighted by molar-refractivity contribution is 7.21. The van der Waals surface area contributed by atoms with Gasteiger partial charge in [0.2, 0.25) is 0 Å². The fraction of sp³-hybridized carbons (Fsp3) is 0.158. The highest BCUT2D eigenvalue weighted by Gasteiger charge is 2.19. The number of halogens is 1. The highest BCUT2D eigenvalue weighted by atomic mass is 35.5. The number of ether oxygens (including phenoxy) is 1. The fourth-order valence-corrected chi connectivity index (χ4v) is 3.72. The molecular weight excluding hydrogens is 372 g/mol. The van der Waals surface area contributed by atoms with E-state index in [4.69, 9.17) is 16.3 Å². The number of nitrogens with one attached hydrogen (secondary N) is 2. The fourth-order valence-electron chi connectivity index (χ4n) is 2.31. The Balaban J connectivity index is 1.60. The van der Waals surface area contributed by atoms with Gasteiger partial charge in [0, 0.05) is 10.1 Å². The molecule has 1 heterocycles. The Morgan fingerprint density at radius 1 is 1.08 bits per heavy atom. The van der Waals surface area contributed by atoms with Crippen LogP contribution in [0.4, 0.5) is 0 Å². The molecule has 0 aliphatic heterocycles. The maximum atomic E-state index is 12.3. The lowest BCUT2D eigenvalue weighted by molar-refractivity contribution is -0.128. The molecule has 0 fully saturated rings. The van der Waals surface area contributed by atoms with Gasteiger partial charge in [-0.1, -0.05) is 47.5 Å². The van der Waals surface area contributed by atoms with E-state index < -0.39 is 17.9 Å². The molecule has 2 N–H and O–H groups in total. The van der Waals surface area contributed by atoms with E-state index in [0.29, 0.717) is 15.6 Å². The quantitative estimate of drug-likeness (QED) is 0.661. The minimum Gasteiger partial charge on any atom is -0.481 e. The molecule has 0 bridgehead atoms. The van der Waals surface area contributed by atoms with Crippen LogP contribution in [0.5, 0.6) is 5.75 Å². The Hall–Kier alpha value is -2.57. The summed E-state index contributed by atoms with van der Waals surface area (Å²) in [6, 6.07) is 14.8. The average Bonchev–Trinajstić information content (AvgIpc) is 2.98. The van der Waals surface area contributed by atoms with Gasteiger partial charge in [0.25, 0.3) is 11.8 Å². The van der Waals surface area contributed by atoms with Gasteiger partial charge in [-0.2, -0.15) is 0 Å². The number of benzene rings is 2. The van der Waals surface area contributed by atoms with E-state index in [1.807, 2.05) is 43.3 Å². The number of hydrogen-bond donors (Lipinski definition) is 2. The molecule has 0 radical (unpaired) electrons. The molecule has 0 aliphatic rings. The molecule has 134 valence electrons. The molecule has 1 unspecified atom stereocenters. The van der Waals surface area contributed by atoms with Crippen molar-refractivity contribution in [3.05, 3.63) is 64.0 Å². The number of thiophene rings is 1. The van der Waals surface area contributed by atoms with Crippen LogP contribution in [0.15, 0.2) is 48.5 Å². The van der Waals surface area contributed by atoms with Crippen LogP contribution in [0, 0.1) is 6.92 Å². The van der Waals surface area contributed by atoms with Crippen LogP contribution in [0.3, 0.4) is 0 Å². The van der Waals surface area contributed by atoms with Gasteiger partial charge < -0.3 is 4.74 Å². The summed E-state index contributed by atoms with van der Waals surface area (Å²) in [6.45, 7) is 3.57. The number of carbonyl (C=O) groups excluding carboxylic acids is 2. The minimum atomic E-state index is -0.768. The van der Waals surface area contributed by atoms with Crippen molar-refractivity contribution < 1.29 is 14.3 Å². The lowest BCUT2D eigenvalue weighted by Gasteiger charge is -2.15. The predicted octanol–water partition coefficient (Wildman–Crippen LogP) is 4.09. The van der Waals surface area contributed by atoms with Crippen molar-refractivity contribution in [1.82, 2.24) is 10.9 Å². The van der Waals surface area contributed by atoms with Crippen molar-refractivity contribution in [3.8, 4) is 5.75 Å². The third-order valence-electron chi connectivity index (χ3n) is 3.74. The monoisotopic (exact) mass is 388 g/mol. The van der Waals surface area contributed by atoms with Gasteiger partial charge in [-0.3, -0.25) is 20.4 Å². The Bertz CT molecular complexity index is 953. The van der Waals surface area contributed by atoms with Gasteiger partial charge in [-0.15, -0.1) is 11.3 Å². The number of hydrogen-bond acceptors (Lipinski definition) is 4. The van der Waals surface area contributed by atoms with Crippen LogP contribution in [0.2, 0.25) is 5.02 Å². The third kappa shape index (κ3) is 3.98. The van der Waals surface area contributed by atoms with E-state index >= 15 is 0 Å². The SMILES string of the molecule is Cc1ccc(OC(C)C(=O)NNC(=O)c2sc3ccccc3c2Cl)cc1. The zero-order valence-electron chi connectivity index (χ0n) is 14.2. The van der Waals surface area contributed by atoms with E-state index in [1.165, 1.54) is 11.3 Å². The zero-order valence-corrected chi connectivity index (χ0v) is 15.8. The summed E-state index contributed by atoms with van der Waals surface area (Å²) < 4.78 is 6.46. The summed E-state index contributed by atoms with van der Waals surface area (Å²) in [4.78, 5) is 24.8. The third-order valence-corrected chi connectivity index (χ3v) is 5.42. The molecule has 0 spiro atoms. The van der Waals surface area contributed by atoms with E-state index in [0.717, 1.165) is 15.6 Å². The van der Waals surface area contributed by atoms with Gasteiger partial charge >= 0.3 is 0 Å². The molecule has 2 aromatic carbocycles. The summed E-state index contributed by atoms with van der Waals surface area (Å²) in [5, 5.41) is 1.19. The summed E-state index contributed by atoms with van der Waals surface area (Å²) in [7, 11) is 0. The largest absolute Gasteiger partial charge is 0.481 e. The molecule has 0 saturated heterocycles. The van der Waals surface area contributed by atoms with E-state index in [2.05, 4.69) is 10.9 Å². The first-order valence-corrected chi connectivity index (χ1v) is 9.15. The second kappa shape index (κ2) is 7.76. The first-order valence-electron chi connectivity index (χ1n) is 7.96. The number of rotatable bonds is 4. The Labute approximate surface area is 159 Å². The second-order valence-corrected chi connectivity index (χ2v) is 7.19. The molecule has 1 atom stereocenters. The number of aryl methyl sites for hydroxylation is 1. The number of fused-ring (bicyclic) bond motifs is 1. The summed E-state index contributed by atoms with van der Waals surface area (Å²) in [5.41, 5.74) is 5.85. The normalized spacial score (nSPS) is 11.8. The van der Waals surface area contributed by atoms with Crippen LogP contribution < -0.4 is 15.6 Å². The molecular formula is C19H17ClN2O3S. The second-order valence-electron chi connectivity index (χ2n) is 5.76. The molecule has 26 heavy (non-hydrogen) atoms. The van der Waals surface area contributed by atoms with Gasteiger partial charge in [0.1, 0.15) is 10.6 Å².